The summed E-state index contributed by atoms with van der Waals surface area (Å²) < 4.78 is 16.9. The lowest BCUT2D eigenvalue weighted by Gasteiger charge is -1.89. The van der Waals surface area contributed by atoms with Crippen molar-refractivity contribution in [1.82, 2.24) is 0 Å². The summed E-state index contributed by atoms with van der Waals surface area (Å²) in [6.07, 6.45) is 0. The van der Waals surface area contributed by atoms with E-state index in [1.54, 1.807) is 11.4 Å². The van der Waals surface area contributed by atoms with Crippen LogP contribution in [0.2, 0.25) is 0 Å². The van der Waals surface area contributed by atoms with Crippen LogP contribution in [0, 0.1) is 5.13 Å². The molecule has 0 amide bonds. The summed E-state index contributed by atoms with van der Waals surface area (Å²) in [6, 6.07) is 1.60. The first kappa shape index (κ1) is 5.56. The van der Waals surface area contributed by atoms with E-state index >= 15 is 0 Å². The third kappa shape index (κ3) is 0.816. The highest BCUT2D eigenvalue weighted by atomic mass is 32.1. The molecule has 0 aromatic carbocycles. The number of halogens is 1. The Morgan fingerprint density at radius 1 is 1.75 bits per heavy atom. The number of hydrogen-bond acceptors (Lipinski definition) is 2. The molecule has 0 radical (unpaired) electrons. The minimum absolute atomic E-state index is 0.257. The fraction of sp³-hybridized carbons (Fsp3) is 0.200. The zero-order chi connectivity index (χ0) is 5.98. The van der Waals surface area contributed by atoms with Crippen LogP contribution in [-0.2, 0) is 0 Å². The molecule has 0 fully saturated rings. The van der Waals surface area contributed by atoms with Crippen molar-refractivity contribution in [2.45, 2.75) is 0 Å². The Hall–Kier alpha value is -0.570. The van der Waals surface area contributed by atoms with Crippen molar-refractivity contribution in [3.05, 3.63) is 16.6 Å². The SMILES string of the molecule is COc1ccsc1F. The highest BCUT2D eigenvalue weighted by Gasteiger charge is 1.99. The number of hydrogen-bond donors (Lipinski definition) is 0. The zero-order valence-corrected chi connectivity index (χ0v) is 5.17. The highest BCUT2D eigenvalue weighted by Crippen LogP contribution is 2.20. The van der Waals surface area contributed by atoms with Gasteiger partial charge in [0.25, 0.3) is 0 Å². The predicted molar refractivity (Wildman–Crippen MR) is 30.8 cm³/mol. The van der Waals surface area contributed by atoms with Gasteiger partial charge in [-0.1, -0.05) is 0 Å². The molecule has 0 spiro atoms. The minimum Gasteiger partial charge on any atom is -0.493 e. The van der Waals surface area contributed by atoms with Crippen LogP contribution in [0.4, 0.5) is 4.39 Å². The molecule has 8 heavy (non-hydrogen) atoms. The fourth-order valence-corrected chi connectivity index (χ4v) is 1.01. The molecule has 0 unspecified atom stereocenters. The molecule has 0 atom stereocenters. The van der Waals surface area contributed by atoms with E-state index < -0.39 is 0 Å². The van der Waals surface area contributed by atoms with Crippen LogP contribution < -0.4 is 4.74 Å². The van der Waals surface area contributed by atoms with Crippen molar-refractivity contribution in [3.63, 3.8) is 0 Å². The van der Waals surface area contributed by atoms with Crippen molar-refractivity contribution in [3.8, 4) is 5.75 Å². The molecule has 0 aliphatic heterocycles. The third-order valence-corrected chi connectivity index (χ3v) is 1.48. The number of thiophene rings is 1. The van der Waals surface area contributed by atoms with Crippen LogP contribution in [0.1, 0.15) is 0 Å². The summed E-state index contributed by atoms with van der Waals surface area (Å²) in [5.41, 5.74) is 0. The van der Waals surface area contributed by atoms with E-state index in [9.17, 15) is 4.39 Å². The van der Waals surface area contributed by atoms with E-state index in [1.165, 1.54) is 7.11 Å². The summed E-state index contributed by atoms with van der Waals surface area (Å²) in [5.74, 6) is 0.329. The predicted octanol–water partition coefficient (Wildman–Crippen LogP) is 1.90. The summed E-state index contributed by atoms with van der Waals surface area (Å²) >= 11 is 1.04. The first-order chi connectivity index (χ1) is 3.84. The van der Waals surface area contributed by atoms with Gasteiger partial charge in [-0.25, -0.2) is 0 Å². The van der Waals surface area contributed by atoms with Gasteiger partial charge < -0.3 is 4.74 Å². The summed E-state index contributed by atoms with van der Waals surface area (Å²) in [7, 11) is 1.45. The Morgan fingerprint density at radius 2 is 2.50 bits per heavy atom. The van der Waals surface area contributed by atoms with Gasteiger partial charge >= 0.3 is 0 Å². The molecule has 0 N–H and O–H groups in total. The maximum Gasteiger partial charge on any atom is 0.218 e. The van der Waals surface area contributed by atoms with Gasteiger partial charge in [0.15, 0.2) is 5.75 Å². The van der Waals surface area contributed by atoms with Crippen LogP contribution in [0.15, 0.2) is 11.4 Å². The van der Waals surface area contributed by atoms with Crippen LogP contribution >= 0.6 is 11.3 Å². The van der Waals surface area contributed by atoms with Gasteiger partial charge in [-0.2, -0.15) is 4.39 Å². The Labute approximate surface area is 50.7 Å². The first-order valence-corrected chi connectivity index (χ1v) is 2.99. The van der Waals surface area contributed by atoms with Crippen molar-refractivity contribution in [1.29, 1.82) is 0 Å². The standard InChI is InChI=1S/C5H5FOS/c1-7-4-2-3-8-5(4)6/h2-3H,1H3. The van der Waals surface area contributed by atoms with Crippen molar-refractivity contribution in [2.24, 2.45) is 0 Å². The largest absolute Gasteiger partial charge is 0.493 e. The molecule has 0 aliphatic rings. The number of ether oxygens (including phenoxy) is 1. The Balaban J connectivity index is 2.92. The second-order valence-corrected chi connectivity index (χ2v) is 2.13. The number of methoxy groups -OCH3 is 1. The number of rotatable bonds is 1. The molecule has 1 aromatic rings. The van der Waals surface area contributed by atoms with Crippen molar-refractivity contribution in [2.75, 3.05) is 7.11 Å². The van der Waals surface area contributed by atoms with Crippen LogP contribution in [0.3, 0.4) is 0 Å². The molecular weight excluding hydrogens is 127 g/mol. The normalized spacial score (nSPS) is 9.25. The molecule has 1 heterocycles. The van der Waals surface area contributed by atoms with Gasteiger partial charge in [-0.05, 0) is 11.4 Å². The van der Waals surface area contributed by atoms with Gasteiger partial charge in [0.05, 0.1) is 7.11 Å². The van der Waals surface area contributed by atoms with Crippen LogP contribution in [0.5, 0.6) is 5.75 Å². The van der Waals surface area contributed by atoms with E-state index in [0.717, 1.165) is 11.3 Å². The van der Waals surface area contributed by atoms with Crippen molar-refractivity contribution >= 4 is 11.3 Å². The second kappa shape index (κ2) is 2.13. The Morgan fingerprint density at radius 3 is 2.75 bits per heavy atom. The minimum atomic E-state index is -0.257. The molecule has 1 rings (SSSR count). The molecule has 1 nitrogen and oxygen atoms in total. The van der Waals surface area contributed by atoms with Gasteiger partial charge in [0, 0.05) is 0 Å². The molecular formula is C5H5FOS. The van der Waals surface area contributed by atoms with E-state index in [0.29, 0.717) is 5.75 Å². The molecule has 0 bridgehead atoms. The quantitative estimate of drug-likeness (QED) is 0.567. The third-order valence-electron chi connectivity index (χ3n) is 0.805. The molecule has 0 saturated heterocycles. The average molecular weight is 132 g/mol. The topological polar surface area (TPSA) is 9.23 Å². The second-order valence-electron chi connectivity index (χ2n) is 1.26. The van der Waals surface area contributed by atoms with Gasteiger partial charge in [0.2, 0.25) is 5.13 Å². The molecule has 44 valence electrons. The monoisotopic (exact) mass is 132 g/mol. The zero-order valence-electron chi connectivity index (χ0n) is 4.35. The lowest BCUT2D eigenvalue weighted by molar-refractivity contribution is 0.393. The Kier molecular flexibility index (Phi) is 1.48. The molecule has 0 saturated carbocycles. The summed E-state index contributed by atoms with van der Waals surface area (Å²) in [5, 5.41) is 1.39. The lowest BCUT2D eigenvalue weighted by atomic mass is 10.6. The van der Waals surface area contributed by atoms with Crippen LogP contribution in [-0.4, -0.2) is 7.11 Å². The smallest absolute Gasteiger partial charge is 0.218 e. The maximum atomic E-state index is 12.2. The fourth-order valence-electron chi connectivity index (χ4n) is 0.427. The Bertz CT molecular complexity index is 173. The first-order valence-electron chi connectivity index (χ1n) is 2.11. The molecule has 1 aromatic heterocycles. The van der Waals surface area contributed by atoms with Crippen LogP contribution in [0.25, 0.3) is 0 Å². The van der Waals surface area contributed by atoms with E-state index in [-0.39, 0.29) is 5.13 Å². The highest BCUT2D eigenvalue weighted by molar-refractivity contribution is 7.08. The van der Waals surface area contributed by atoms with E-state index in [2.05, 4.69) is 4.74 Å². The van der Waals surface area contributed by atoms with Gasteiger partial charge in [-0.3, -0.25) is 0 Å². The average Bonchev–Trinajstić information content (AvgIpc) is 2.14. The molecule has 3 heteroatoms. The van der Waals surface area contributed by atoms with Gasteiger partial charge in [-0.15, -0.1) is 11.3 Å². The van der Waals surface area contributed by atoms with E-state index in [1.807, 2.05) is 0 Å². The molecule has 0 aliphatic carbocycles. The lowest BCUT2D eigenvalue weighted by Crippen LogP contribution is -1.79. The maximum absolute atomic E-state index is 12.2. The summed E-state index contributed by atoms with van der Waals surface area (Å²) in [4.78, 5) is 0. The van der Waals surface area contributed by atoms with E-state index in [4.69, 9.17) is 0 Å². The van der Waals surface area contributed by atoms with Gasteiger partial charge in [0.1, 0.15) is 0 Å². The summed E-state index contributed by atoms with van der Waals surface area (Å²) in [6.45, 7) is 0. The van der Waals surface area contributed by atoms with Crippen molar-refractivity contribution < 1.29 is 9.13 Å².